The Kier molecular flexibility index (Phi) is 11.7. The first kappa shape index (κ1) is 30.9. The quantitative estimate of drug-likeness (QED) is 0.336. The number of carbonyl (C=O) groups excluding carboxylic acids is 1. The zero-order valence-corrected chi connectivity index (χ0v) is 23.7. The maximum atomic E-state index is 14.0. The fourth-order valence-electron chi connectivity index (χ4n) is 5.55. The Labute approximate surface area is 226 Å². The van der Waals surface area contributed by atoms with Crippen LogP contribution in [0.3, 0.4) is 0 Å². The molecular weight excluding hydrogens is 497 g/mol. The molecule has 0 amide bonds. The lowest BCUT2D eigenvalue weighted by molar-refractivity contribution is -0.172. The van der Waals surface area contributed by atoms with Gasteiger partial charge < -0.3 is 23.8 Å². The number of halogens is 2. The molecule has 0 radical (unpaired) electrons. The normalized spacial score (nSPS) is 18.8. The first-order valence-electron chi connectivity index (χ1n) is 12.6. The van der Waals surface area contributed by atoms with Crippen molar-refractivity contribution in [3.63, 3.8) is 0 Å². The molecule has 0 heterocycles. The van der Waals surface area contributed by atoms with Crippen LogP contribution in [0.25, 0.3) is 0 Å². The van der Waals surface area contributed by atoms with Crippen LogP contribution < -0.4 is 9.47 Å². The number of carbonyl (C=O) groups is 1. The number of aryl methyl sites for hydroxylation is 1. The molecule has 8 heteroatoms. The maximum absolute atomic E-state index is 14.0. The summed E-state index contributed by atoms with van der Waals surface area (Å²) in [6, 6.07) is 10.8. The SMILES string of the molecule is COCC(=O)O[C@@]1(CCN(C)CCc2cc(OC)ccc2OC)CCc2cc(F)ccc2[C@H]1C(C)C.Cl. The highest BCUT2D eigenvalue weighted by Gasteiger charge is 2.47. The molecule has 2 atom stereocenters. The minimum atomic E-state index is -0.684. The third-order valence-corrected chi connectivity index (χ3v) is 7.24. The zero-order valence-electron chi connectivity index (χ0n) is 22.8. The van der Waals surface area contributed by atoms with E-state index in [1.807, 2.05) is 24.3 Å². The molecule has 1 aliphatic carbocycles. The van der Waals surface area contributed by atoms with Gasteiger partial charge in [-0.1, -0.05) is 19.9 Å². The van der Waals surface area contributed by atoms with Gasteiger partial charge in [-0.05, 0) is 79.3 Å². The van der Waals surface area contributed by atoms with Crippen LogP contribution in [0.4, 0.5) is 4.39 Å². The van der Waals surface area contributed by atoms with Crippen molar-refractivity contribution in [1.82, 2.24) is 4.90 Å². The van der Waals surface area contributed by atoms with Gasteiger partial charge in [0, 0.05) is 32.5 Å². The van der Waals surface area contributed by atoms with Crippen molar-refractivity contribution in [3.05, 3.63) is 58.9 Å². The largest absolute Gasteiger partial charge is 0.497 e. The molecule has 0 spiro atoms. The predicted octanol–water partition coefficient (Wildman–Crippen LogP) is 5.44. The summed E-state index contributed by atoms with van der Waals surface area (Å²) in [5, 5.41) is 0. The van der Waals surface area contributed by atoms with Gasteiger partial charge in [0.25, 0.3) is 0 Å². The number of benzene rings is 2. The standard InChI is InChI=1S/C29H40FNO5.ClH/c1-20(2)28-25-9-7-23(30)17-21(25)11-13-29(28,36-27(32)19-33-4)14-16-31(3)15-12-22-18-24(34-5)8-10-26(22)35-6;/h7-10,17-18,20,28H,11-16,19H2,1-6H3;1H/t28-,29-;/m1./s1. The molecule has 0 unspecified atom stereocenters. The van der Waals surface area contributed by atoms with Gasteiger partial charge >= 0.3 is 5.97 Å². The highest BCUT2D eigenvalue weighted by molar-refractivity contribution is 5.85. The Balaban J connectivity index is 0.00000481. The summed E-state index contributed by atoms with van der Waals surface area (Å²) >= 11 is 0. The van der Waals surface area contributed by atoms with Crippen LogP contribution in [0.1, 0.15) is 49.3 Å². The van der Waals surface area contributed by atoms with E-state index in [-0.39, 0.29) is 42.6 Å². The molecule has 6 nitrogen and oxygen atoms in total. The van der Waals surface area contributed by atoms with Crippen LogP contribution in [0.5, 0.6) is 11.5 Å². The number of rotatable bonds is 12. The van der Waals surface area contributed by atoms with Crippen LogP contribution in [0, 0.1) is 11.7 Å². The second-order valence-corrected chi connectivity index (χ2v) is 10.0. The zero-order chi connectivity index (χ0) is 26.3. The molecule has 0 N–H and O–H groups in total. The van der Waals surface area contributed by atoms with Crippen molar-refractivity contribution >= 4 is 18.4 Å². The number of nitrogens with zero attached hydrogens (tertiary/aromatic N) is 1. The lowest BCUT2D eigenvalue weighted by atomic mass is 9.65. The van der Waals surface area contributed by atoms with Crippen LogP contribution in [-0.4, -0.2) is 64.5 Å². The fourth-order valence-corrected chi connectivity index (χ4v) is 5.55. The molecule has 37 heavy (non-hydrogen) atoms. The molecule has 2 aromatic rings. The van der Waals surface area contributed by atoms with Gasteiger partial charge in [0.1, 0.15) is 29.5 Å². The van der Waals surface area contributed by atoms with Crippen LogP contribution >= 0.6 is 12.4 Å². The van der Waals surface area contributed by atoms with E-state index < -0.39 is 5.60 Å². The summed E-state index contributed by atoms with van der Waals surface area (Å²) in [6.45, 7) is 5.74. The van der Waals surface area contributed by atoms with Crippen molar-refractivity contribution in [2.45, 2.75) is 51.0 Å². The van der Waals surface area contributed by atoms with Crippen molar-refractivity contribution in [2.75, 3.05) is 48.1 Å². The number of fused-ring (bicyclic) bond motifs is 1. The summed E-state index contributed by atoms with van der Waals surface area (Å²) < 4.78 is 36.2. The van der Waals surface area contributed by atoms with Gasteiger partial charge in [0.2, 0.25) is 0 Å². The van der Waals surface area contributed by atoms with Crippen LogP contribution in [-0.2, 0) is 27.1 Å². The number of hydrogen-bond donors (Lipinski definition) is 0. The van der Waals surface area contributed by atoms with Gasteiger partial charge in [0.15, 0.2) is 0 Å². The van der Waals surface area contributed by atoms with Gasteiger partial charge in [-0.3, -0.25) is 0 Å². The molecule has 0 saturated heterocycles. The second-order valence-electron chi connectivity index (χ2n) is 10.0. The van der Waals surface area contributed by atoms with E-state index in [1.165, 1.54) is 13.2 Å². The van der Waals surface area contributed by atoms with Gasteiger partial charge in [-0.15, -0.1) is 12.4 Å². The van der Waals surface area contributed by atoms with Gasteiger partial charge in [-0.25, -0.2) is 9.18 Å². The number of hydrogen-bond acceptors (Lipinski definition) is 6. The maximum Gasteiger partial charge on any atom is 0.332 e. The molecule has 3 rings (SSSR count). The highest BCUT2D eigenvalue weighted by atomic mass is 35.5. The Morgan fingerprint density at radius 2 is 1.86 bits per heavy atom. The Morgan fingerprint density at radius 1 is 1.11 bits per heavy atom. The predicted molar refractivity (Wildman–Crippen MR) is 146 cm³/mol. The summed E-state index contributed by atoms with van der Waals surface area (Å²) in [5.41, 5.74) is 2.48. The lowest BCUT2D eigenvalue weighted by Crippen LogP contribution is -2.49. The number of methoxy groups -OCH3 is 3. The second kappa shape index (κ2) is 14.0. The first-order chi connectivity index (χ1) is 17.2. The van der Waals surface area contributed by atoms with Gasteiger partial charge in [0.05, 0.1) is 14.2 Å². The number of likely N-dealkylation sites (N-methyl/N-ethyl adjacent to an activating group) is 1. The minimum absolute atomic E-state index is 0. The number of ether oxygens (including phenoxy) is 4. The van der Waals surface area contributed by atoms with Crippen molar-refractivity contribution in [2.24, 2.45) is 5.92 Å². The topological polar surface area (TPSA) is 57.2 Å². The fraction of sp³-hybridized carbons (Fsp3) is 0.552. The average Bonchev–Trinajstić information content (AvgIpc) is 2.85. The van der Waals surface area contributed by atoms with Crippen LogP contribution in [0.15, 0.2) is 36.4 Å². The summed E-state index contributed by atoms with van der Waals surface area (Å²) in [4.78, 5) is 14.9. The van der Waals surface area contributed by atoms with E-state index >= 15 is 0 Å². The summed E-state index contributed by atoms with van der Waals surface area (Å²) in [5.74, 6) is 1.22. The molecule has 2 aromatic carbocycles. The van der Waals surface area contributed by atoms with Crippen molar-refractivity contribution in [3.8, 4) is 11.5 Å². The molecule has 1 aliphatic rings. The highest BCUT2D eigenvalue weighted by Crippen LogP contribution is 2.48. The molecule has 206 valence electrons. The van der Waals surface area contributed by atoms with E-state index in [4.69, 9.17) is 18.9 Å². The first-order valence-corrected chi connectivity index (χ1v) is 12.6. The summed E-state index contributed by atoms with van der Waals surface area (Å²) in [6.07, 6.45) is 2.79. The van der Waals surface area contributed by atoms with Crippen molar-refractivity contribution < 1.29 is 28.1 Å². The Bertz CT molecular complexity index is 1030. The average molecular weight is 538 g/mol. The molecule has 0 bridgehead atoms. The smallest absolute Gasteiger partial charge is 0.332 e. The van der Waals surface area contributed by atoms with Gasteiger partial charge in [-0.2, -0.15) is 0 Å². The van der Waals surface area contributed by atoms with E-state index in [1.54, 1.807) is 20.3 Å². The van der Waals surface area contributed by atoms with E-state index in [0.717, 1.165) is 47.7 Å². The monoisotopic (exact) mass is 537 g/mol. The minimum Gasteiger partial charge on any atom is -0.497 e. The molecule has 0 saturated carbocycles. The lowest BCUT2D eigenvalue weighted by Gasteiger charge is -2.47. The van der Waals surface area contributed by atoms with E-state index in [9.17, 15) is 9.18 Å². The van der Waals surface area contributed by atoms with E-state index in [0.29, 0.717) is 19.3 Å². The summed E-state index contributed by atoms with van der Waals surface area (Å²) in [7, 11) is 6.90. The molecular formula is C29H41ClFNO5. The molecule has 0 fully saturated rings. The third-order valence-electron chi connectivity index (χ3n) is 7.24. The molecule has 0 aromatic heterocycles. The van der Waals surface area contributed by atoms with E-state index in [2.05, 4.69) is 25.8 Å². The third kappa shape index (κ3) is 7.59. The Hall–Kier alpha value is -2.35. The number of esters is 1. The Morgan fingerprint density at radius 3 is 2.51 bits per heavy atom. The molecule has 0 aliphatic heterocycles. The van der Waals surface area contributed by atoms with Crippen LogP contribution in [0.2, 0.25) is 0 Å². The van der Waals surface area contributed by atoms with Crippen molar-refractivity contribution in [1.29, 1.82) is 0 Å².